The lowest BCUT2D eigenvalue weighted by molar-refractivity contribution is -0.384. The number of carbonyl (C=O) groups is 3. The summed E-state index contributed by atoms with van der Waals surface area (Å²) in [6.07, 6.45) is 0. The number of esters is 1. The number of hydrogen-bond acceptors (Lipinski definition) is 6. The number of non-ortho nitro benzene ring substituents is 1. The molecule has 1 aromatic carbocycles. The zero-order valence-corrected chi connectivity index (χ0v) is 10.3. The Kier molecular flexibility index (Phi) is 4.73. The van der Waals surface area contributed by atoms with Gasteiger partial charge in [-0.2, -0.15) is 0 Å². The van der Waals surface area contributed by atoms with Gasteiger partial charge in [-0.1, -0.05) is 0 Å². The number of nitro benzene ring substituents is 1. The summed E-state index contributed by atoms with van der Waals surface area (Å²) >= 11 is 0. The Balaban J connectivity index is 0.00000400. The number of rotatable bonds is 5. The van der Waals surface area contributed by atoms with Crippen LogP contribution in [0.1, 0.15) is 22.1 Å². The first kappa shape index (κ1) is 15.1. The molecule has 0 saturated heterocycles. The maximum absolute atomic E-state index is 11.6. The van der Waals surface area contributed by atoms with Crippen molar-refractivity contribution in [2.75, 3.05) is 13.7 Å². The van der Waals surface area contributed by atoms with Crippen LogP contribution < -0.4 is 5.32 Å². The van der Waals surface area contributed by atoms with E-state index < -0.39 is 35.0 Å². The van der Waals surface area contributed by atoms with Crippen LogP contribution in [0.3, 0.4) is 0 Å². The van der Waals surface area contributed by atoms with Crippen molar-refractivity contribution < 1.29 is 30.6 Å². The number of ether oxygens (including phenoxy) is 1. The molecule has 1 aromatic rings. The second kappa shape index (κ2) is 6.27. The summed E-state index contributed by atoms with van der Waals surface area (Å²) in [7, 11) is 1.09. The van der Waals surface area contributed by atoms with Crippen molar-refractivity contribution in [1.29, 1.82) is 0 Å². The van der Waals surface area contributed by atoms with Crippen LogP contribution in [0.15, 0.2) is 18.2 Å². The van der Waals surface area contributed by atoms with Crippen molar-refractivity contribution in [2.24, 2.45) is 0 Å². The highest BCUT2D eigenvalue weighted by Crippen LogP contribution is 2.18. The summed E-state index contributed by atoms with van der Waals surface area (Å²) in [6.45, 7) is -0.644. The summed E-state index contributed by atoms with van der Waals surface area (Å²) < 4.78 is 4.42. The molecule has 0 bridgehead atoms. The third kappa shape index (κ3) is 3.77. The average Bonchev–Trinajstić information content (AvgIpc) is 2.43. The molecule has 9 heteroatoms. The first-order valence-electron chi connectivity index (χ1n) is 5.23. The minimum Gasteiger partial charge on any atom is -0.480 e. The number of carbonyl (C=O) groups excluding carboxylic acids is 2. The maximum Gasteiger partial charge on any atom is 0.338 e. The number of benzene rings is 1. The zero-order chi connectivity index (χ0) is 15.3. The molecule has 9 nitrogen and oxygen atoms in total. The predicted molar refractivity (Wildman–Crippen MR) is 66.5 cm³/mol. The fourth-order valence-corrected chi connectivity index (χ4v) is 1.34. The van der Waals surface area contributed by atoms with E-state index in [9.17, 15) is 24.5 Å². The molecule has 108 valence electrons. The third-order valence-electron chi connectivity index (χ3n) is 2.21. The van der Waals surface area contributed by atoms with Crippen LogP contribution in [0.5, 0.6) is 0 Å². The Morgan fingerprint density at radius 2 is 1.95 bits per heavy atom. The van der Waals surface area contributed by atoms with Gasteiger partial charge >= 0.3 is 11.9 Å². The second-order valence-corrected chi connectivity index (χ2v) is 3.59. The van der Waals surface area contributed by atoms with Crippen molar-refractivity contribution in [3.05, 3.63) is 39.4 Å². The average molecular weight is 284 g/mol. The monoisotopic (exact) mass is 284 g/mol. The van der Waals surface area contributed by atoms with E-state index in [2.05, 4.69) is 4.74 Å². The lowest BCUT2D eigenvalue weighted by Gasteiger charge is -2.05. The minimum atomic E-state index is -1.27. The molecular formula is C11H12N2O7. The van der Waals surface area contributed by atoms with Crippen molar-refractivity contribution in [1.82, 2.24) is 5.32 Å². The lowest BCUT2D eigenvalue weighted by atomic mass is 10.1. The van der Waals surface area contributed by atoms with Gasteiger partial charge in [-0.3, -0.25) is 19.7 Å². The van der Waals surface area contributed by atoms with Gasteiger partial charge < -0.3 is 15.2 Å². The Morgan fingerprint density at radius 3 is 2.45 bits per heavy atom. The van der Waals surface area contributed by atoms with E-state index in [1.54, 1.807) is 0 Å². The quantitative estimate of drug-likeness (QED) is 0.454. The molecule has 0 radical (unpaired) electrons. The number of aliphatic carboxylic acids is 1. The van der Waals surface area contributed by atoms with Gasteiger partial charge in [-0.25, -0.2) is 4.79 Å². The molecule has 2 N–H and O–H groups in total. The molecule has 0 heterocycles. The molecule has 1 rings (SSSR count). The first-order chi connectivity index (χ1) is 9.35. The van der Waals surface area contributed by atoms with Gasteiger partial charge in [0.05, 0.1) is 17.6 Å². The van der Waals surface area contributed by atoms with E-state index in [1.165, 1.54) is 0 Å². The van der Waals surface area contributed by atoms with Crippen LogP contribution in [0, 0.1) is 10.1 Å². The molecular weight excluding hydrogens is 272 g/mol. The molecule has 0 atom stereocenters. The standard InChI is InChI=1S/C11H10N2O7.H2/c1-20-11(17)7-2-6(3-8(4-7)13(18)19)10(16)12-5-9(14)15;/h2-4H,5H2,1H3,(H,12,16)(H,14,15);1H. The topological polar surface area (TPSA) is 136 Å². The summed E-state index contributed by atoms with van der Waals surface area (Å²) in [5, 5.41) is 21.2. The summed E-state index contributed by atoms with van der Waals surface area (Å²) in [5.74, 6) is -2.96. The normalized spacial score (nSPS) is 9.65. The van der Waals surface area contributed by atoms with Gasteiger partial charge in [0, 0.05) is 19.1 Å². The van der Waals surface area contributed by atoms with Crippen LogP contribution in [0.4, 0.5) is 5.69 Å². The molecule has 0 aliphatic carbocycles. The highest BCUT2D eigenvalue weighted by Gasteiger charge is 2.18. The number of carboxylic acids is 1. The van der Waals surface area contributed by atoms with Crippen LogP contribution in [-0.2, 0) is 9.53 Å². The third-order valence-corrected chi connectivity index (χ3v) is 2.21. The van der Waals surface area contributed by atoms with Crippen LogP contribution in [0.2, 0.25) is 0 Å². The van der Waals surface area contributed by atoms with Crippen molar-refractivity contribution in [3.63, 3.8) is 0 Å². The van der Waals surface area contributed by atoms with E-state index in [0.717, 1.165) is 25.3 Å². The first-order valence-corrected chi connectivity index (χ1v) is 5.23. The minimum absolute atomic E-state index is 0. The number of nitro groups is 1. The van der Waals surface area contributed by atoms with Crippen molar-refractivity contribution in [2.45, 2.75) is 0 Å². The molecule has 0 aliphatic rings. The van der Waals surface area contributed by atoms with E-state index >= 15 is 0 Å². The molecule has 0 fully saturated rings. The van der Waals surface area contributed by atoms with Crippen LogP contribution in [-0.4, -0.2) is 41.5 Å². The molecule has 0 saturated carbocycles. The Bertz CT molecular complexity index is 588. The van der Waals surface area contributed by atoms with Gasteiger partial charge in [0.25, 0.3) is 11.6 Å². The Hall–Kier alpha value is -2.97. The van der Waals surface area contributed by atoms with Crippen LogP contribution in [0.25, 0.3) is 0 Å². The summed E-state index contributed by atoms with van der Waals surface area (Å²) in [4.78, 5) is 43.3. The highest BCUT2D eigenvalue weighted by molar-refractivity contribution is 5.99. The molecule has 0 spiro atoms. The number of methoxy groups -OCH3 is 1. The Morgan fingerprint density at radius 1 is 1.35 bits per heavy atom. The van der Waals surface area contributed by atoms with E-state index in [4.69, 9.17) is 5.11 Å². The summed E-state index contributed by atoms with van der Waals surface area (Å²) in [6, 6.07) is 2.97. The predicted octanol–water partition coefficient (Wildman–Crippen LogP) is 0.442. The fraction of sp³-hybridized carbons (Fsp3) is 0.182. The van der Waals surface area contributed by atoms with Crippen molar-refractivity contribution in [3.8, 4) is 0 Å². The van der Waals surface area contributed by atoms with Gasteiger partial charge in [-0.05, 0) is 6.07 Å². The smallest absolute Gasteiger partial charge is 0.338 e. The number of nitrogens with zero attached hydrogens (tertiary/aromatic N) is 1. The van der Waals surface area contributed by atoms with Crippen LogP contribution >= 0.6 is 0 Å². The number of amides is 1. The maximum atomic E-state index is 11.6. The summed E-state index contributed by atoms with van der Waals surface area (Å²) in [5.41, 5.74) is -0.864. The van der Waals surface area contributed by atoms with E-state index in [0.29, 0.717) is 0 Å². The number of carboxylic acid groups (broad SMARTS) is 1. The molecule has 0 aliphatic heterocycles. The molecule has 20 heavy (non-hydrogen) atoms. The van der Waals surface area contributed by atoms with Gasteiger partial charge in [0.2, 0.25) is 0 Å². The van der Waals surface area contributed by atoms with E-state index in [1.807, 2.05) is 5.32 Å². The second-order valence-electron chi connectivity index (χ2n) is 3.59. The number of hydrogen-bond donors (Lipinski definition) is 2. The largest absolute Gasteiger partial charge is 0.480 e. The molecule has 0 unspecified atom stereocenters. The van der Waals surface area contributed by atoms with Gasteiger partial charge in [0.15, 0.2) is 0 Å². The Labute approximate surface area is 113 Å². The van der Waals surface area contributed by atoms with Gasteiger partial charge in [-0.15, -0.1) is 0 Å². The number of nitrogens with one attached hydrogen (secondary N) is 1. The SMILES string of the molecule is COC(=O)c1cc(C(=O)NCC(=O)O)cc([N+](=O)[O-])c1.[HH]. The van der Waals surface area contributed by atoms with E-state index in [-0.39, 0.29) is 12.6 Å². The van der Waals surface area contributed by atoms with Crippen molar-refractivity contribution >= 4 is 23.5 Å². The van der Waals surface area contributed by atoms with Gasteiger partial charge in [0.1, 0.15) is 6.54 Å². The molecule has 0 aromatic heterocycles. The zero-order valence-electron chi connectivity index (χ0n) is 10.3. The molecule has 1 amide bonds. The lowest BCUT2D eigenvalue weighted by Crippen LogP contribution is -2.29. The highest BCUT2D eigenvalue weighted by atomic mass is 16.6. The fourth-order valence-electron chi connectivity index (χ4n) is 1.34.